The number of hydrogen-bond donors (Lipinski definition) is 2. The Balaban J connectivity index is 1.71. The lowest BCUT2D eigenvalue weighted by molar-refractivity contribution is 0.151. The van der Waals surface area contributed by atoms with E-state index in [0.29, 0.717) is 6.54 Å². The van der Waals surface area contributed by atoms with E-state index in [9.17, 15) is 8.78 Å². The topological polar surface area (TPSA) is 40.7 Å². The van der Waals surface area contributed by atoms with Crippen LogP contribution in [0.1, 0.15) is 35.2 Å². The maximum absolute atomic E-state index is 12.6. The molecule has 0 fully saturated rings. The van der Waals surface area contributed by atoms with Gasteiger partial charge in [-0.3, -0.25) is 5.10 Å². The van der Waals surface area contributed by atoms with Gasteiger partial charge in [0.25, 0.3) is 6.43 Å². The van der Waals surface area contributed by atoms with E-state index in [-0.39, 0.29) is 5.56 Å². The van der Waals surface area contributed by atoms with E-state index in [2.05, 4.69) is 15.5 Å². The lowest BCUT2D eigenvalue weighted by Gasteiger charge is -2.07. The van der Waals surface area contributed by atoms with E-state index in [1.807, 2.05) is 19.2 Å². The predicted octanol–water partition coefficient (Wildman–Crippen LogP) is 3.38. The second-order valence-corrected chi connectivity index (χ2v) is 4.85. The van der Waals surface area contributed by atoms with Gasteiger partial charge in [0.1, 0.15) is 0 Å². The molecule has 3 nitrogen and oxygen atoms in total. The molecule has 0 atom stereocenters. The first-order chi connectivity index (χ1) is 9.66. The Bertz CT molecular complexity index is 537. The SMILES string of the molecule is Cc1[nH]ncc1CCCNCc1cccc(C(F)F)c1. The average Bonchev–Trinajstić information content (AvgIpc) is 2.84. The molecule has 108 valence electrons. The van der Waals surface area contributed by atoms with Gasteiger partial charge in [-0.1, -0.05) is 18.2 Å². The van der Waals surface area contributed by atoms with Crippen LogP contribution in [0.4, 0.5) is 8.78 Å². The fourth-order valence-electron chi connectivity index (χ4n) is 2.10. The van der Waals surface area contributed by atoms with Crippen LogP contribution in [-0.4, -0.2) is 16.7 Å². The number of hydrogen-bond acceptors (Lipinski definition) is 2. The van der Waals surface area contributed by atoms with Crippen molar-refractivity contribution in [2.24, 2.45) is 0 Å². The van der Waals surface area contributed by atoms with E-state index in [4.69, 9.17) is 0 Å². The largest absolute Gasteiger partial charge is 0.313 e. The van der Waals surface area contributed by atoms with Gasteiger partial charge in [-0.15, -0.1) is 0 Å². The molecule has 0 bridgehead atoms. The molecule has 0 amide bonds. The zero-order valence-electron chi connectivity index (χ0n) is 11.5. The highest BCUT2D eigenvalue weighted by Crippen LogP contribution is 2.19. The summed E-state index contributed by atoms with van der Waals surface area (Å²) in [4.78, 5) is 0. The second-order valence-electron chi connectivity index (χ2n) is 4.85. The molecule has 0 aliphatic carbocycles. The molecule has 20 heavy (non-hydrogen) atoms. The fraction of sp³-hybridized carbons (Fsp3) is 0.400. The zero-order chi connectivity index (χ0) is 14.4. The van der Waals surface area contributed by atoms with Crippen molar-refractivity contribution in [2.45, 2.75) is 32.7 Å². The highest BCUT2D eigenvalue weighted by atomic mass is 19.3. The Hall–Kier alpha value is -1.75. The van der Waals surface area contributed by atoms with Gasteiger partial charge in [-0.2, -0.15) is 5.10 Å². The van der Waals surface area contributed by atoms with Crippen LogP contribution in [0.5, 0.6) is 0 Å². The molecule has 0 aliphatic rings. The summed E-state index contributed by atoms with van der Waals surface area (Å²) in [7, 11) is 0. The third kappa shape index (κ3) is 4.13. The quantitative estimate of drug-likeness (QED) is 0.763. The van der Waals surface area contributed by atoms with Gasteiger partial charge in [-0.25, -0.2) is 8.78 Å². The van der Waals surface area contributed by atoms with E-state index >= 15 is 0 Å². The zero-order valence-corrected chi connectivity index (χ0v) is 11.5. The lowest BCUT2D eigenvalue weighted by Crippen LogP contribution is -2.15. The van der Waals surface area contributed by atoms with E-state index in [1.54, 1.807) is 12.1 Å². The summed E-state index contributed by atoms with van der Waals surface area (Å²) < 4.78 is 25.1. The van der Waals surface area contributed by atoms with Gasteiger partial charge in [0.2, 0.25) is 0 Å². The molecule has 0 aliphatic heterocycles. The van der Waals surface area contributed by atoms with Crippen molar-refractivity contribution in [1.29, 1.82) is 0 Å². The van der Waals surface area contributed by atoms with Crippen molar-refractivity contribution in [2.75, 3.05) is 6.54 Å². The molecule has 2 aromatic rings. The van der Waals surface area contributed by atoms with Gasteiger partial charge in [0.15, 0.2) is 0 Å². The van der Waals surface area contributed by atoms with Crippen LogP contribution >= 0.6 is 0 Å². The van der Waals surface area contributed by atoms with E-state index in [1.165, 1.54) is 11.6 Å². The molecule has 0 radical (unpaired) electrons. The standard InChI is InChI=1S/C15H19F2N3/c1-11-14(10-19-20-11)6-3-7-18-9-12-4-2-5-13(8-12)15(16)17/h2,4-5,8,10,15,18H,3,6-7,9H2,1H3,(H,19,20). The molecule has 0 saturated carbocycles. The van der Waals surface area contributed by atoms with Crippen LogP contribution in [0.25, 0.3) is 0 Å². The predicted molar refractivity (Wildman–Crippen MR) is 74.8 cm³/mol. The van der Waals surface area contributed by atoms with Gasteiger partial charge in [0.05, 0.1) is 6.20 Å². The van der Waals surface area contributed by atoms with Crippen molar-refractivity contribution < 1.29 is 8.78 Å². The Morgan fingerprint density at radius 2 is 2.20 bits per heavy atom. The Morgan fingerprint density at radius 3 is 2.90 bits per heavy atom. The Labute approximate surface area is 117 Å². The minimum Gasteiger partial charge on any atom is -0.313 e. The maximum atomic E-state index is 12.6. The third-order valence-electron chi connectivity index (χ3n) is 3.27. The third-order valence-corrected chi connectivity index (χ3v) is 3.27. The Kier molecular flexibility index (Phi) is 5.24. The molecule has 2 rings (SSSR count). The monoisotopic (exact) mass is 279 g/mol. The number of aromatic nitrogens is 2. The van der Waals surface area contributed by atoms with Gasteiger partial charge < -0.3 is 5.32 Å². The summed E-state index contributed by atoms with van der Waals surface area (Å²) in [6, 6.07) is 6.54. The first-order valence-electron chi connectivity index (χ1n) is 6.73. The number of nitrogens with one attached hydrogen (secondary N) is 2. The summed E-state index contributed by atoms with van der Waals surface area (Å²) in [6.07, 6.45) is 1.40. The van der Waals surface area contributed by atoms with Crippen molar-refractivity contribution >= 4 is 0 Å². The van der Waals surface area contributed by atoms with Crippen LogP contribution < -0.4 is 5.32 Å². The highest BCUT2D eigenvalue weighted by molar-refractivity contribution is 5.24. The summed E-state index contributed by atoms with van der Waals surface area (Å²) >= 11 is 0. The van der Waals surface area contributed by atoms with Crippen LogP contribution in [0.15, 0.2) is 30.5 Å². The number of rotatable bonds is 7. The van der Waals surface area contributed by atoms with Crippen molar-refractivity contribution in [3.63, 3.8) is 0 Å². The van der Waals surface area contributed by atoms with Gasteiger partial charge in [-0.05, 0) is 43.5 Å². The van der Waals surface area contributed by atoms with Gasteiger partial charge >= 0.3 is 0 Å². The second kappa shape index (κ2) is 7.14. The summed E-state index contributed by atoms with van der Waals surface area (Å²) in [5.41, 5.74) is 3.31. The molecule has 1 aromatic heterocycles. The number of H-pyrrole nitrogens is 1. The minimum absolute atomic E-state index is 0.0818. The first kappa shape index (κ1) is 14.7. The van der Waals surface area contributed by atoms with Crippen molar-refractivity contribution in [3.8, 4) is 0 Å². The van der Waals surface area contributed by atoms with Crippen LogP contribution in [0, 0.1) is 6.92 Å². The first-order valence-corrected chi connectivity index (χ1v) is 6.73. The van der Waals surface area contributed by atoms with Crippen LogP contribution in [0.3, 0.4) is 0 Å². The highest BCUT2D eigenvalue weighted by Gasteiger charge is 2.06. The number of aryl methyl sites for hydroxylation is 2. The number of aromatic amines is 1. The van der Waals surface area contributed by atoms with E-state index in [0.717, 1.165) is 30.6 Å². The molecule has 0 saturated heterocycles. The molecule has 1 heterocycles. The molecular formula is C15H19F2N3. The number of alkyl halides is 2. The van der Waals surface area contributed by atoms with Crippen molar-refractivity contribution in [3.05, 3.63) is 52.8 Å². The van der Waals surface area contributed by atoms with Gasteiger partial charge in [0, 0.05) is 17.8 Å². The minimum atomic E-state index is -2.40. The van der Waals surface area contributed by atoms with E-state index < -0.39 is 6.43 Å². The summed E-state index contributed by atoms with van der Waals surface area (Å²) in [6.45, 7) is 3.47. The smallest absolute Gasteiger partial charge is 0.263 e. The molecule has 5 heteroatoms. The normalized spacial score (nSPS) is 11.2. The fourth-order valence-corrected chi connectivity index (χ4v) is 2.10. The number of halogens is 2. The maximum Gasteiger partial charge on any atom is 0.263 e. The summed E-state index contributed by atoms with van der Waals surface area (Å²) in [5.74, 6) is 0. The molecule has 0 unspecified atom stereocenters. The Morgan fingerprint density at radius 1 is 1.35 bits per heavy atom. The molecular weight excluding hydrogens is 260 g/mol. The van der Waals surface area contributed by atoms with Crippen LogP contribution in [-0.2, 0) is 13.0 Å². The molecule has 0 spiro atoms. The number of nitrogens with zero attached hydrogens (tertiary/aromatic N) is 1. The van der Waals surface area contributed by atoms with Crippen molar-refractivity contribution in [1.82, 2.24) is 15.5 Å². The average molecular weight is 279 g/mol. The number of benzene rings is 1. The molecule has 1 aromatic carbocycles. The molecule has 2 N–H and O–H groups in total. The lowest BCUT2D eigenvalue weighted by atomic mass is 10.1. The summed E-state index contributed by atoms with van der Waals surface area (Å²) in [5, 5.41) is 10.2. The van der Waals surface area contributed by atoms with Crippen LogP contribution in [0.2, 0.25) is 0 Å².